The Kier molecular flexibility index (Phi) is 4.41. The average molecular weight is 269 g/mol. The lowest BCUT2D eigenvalue weighted by Crippen LogP contribution is -2.30. The van der Waals surface area contributed by atoms with E-state index in [1.807, 2.05) is 62.4 Å². The van der Waals surface area contributed by atoms with Crippen LogP contribution < -0.4 is 10.1 Å². The molecule has 0 aromatic heterocycles. The van der Waals surface area contributed by atoms with E-state index in [0.29, 0.717) is 5.75 Å². The van der Waals surface area contributed by atoms with Gasteiger partial charge in [-0.2, -0.15) is 0 Å². The number of benzene rings is 2. The van der Waals surface area contributed by atoms with Gasteiger partial charge in [0.1, 0.15) is 5.75 Å². The zero-order valence-electron chi connectivity index (χ0n) is 12.0. The van der Waals surface area contributed by atoms with Gasteiger partial charge in [-0.05, 0) is 56.2 Å². The Morgan fingerprint density at radius 1 is 1.05 bits per heavy atom. The van der Waals surface area contributed by atoms with Gasteiger partial charge in [0.05, 0.1) is 0 Å². The SMILES string of the molecule is Cc1cccc(NC(=O)C(C)Oc2cccc(C)c2)c1. The molecule has 0 aliphatic heterocycles. The molecule has 2 aromatic carbocycles. The minimum atomic E-state index is -0.544. The van der Waals surface area contributed by atoms with E-state index in [1.165, 1.54) is 0 Å². The standard InChI is InChI=1S/C17H19NO2/c1-12-6-4-8-15(10-12)18-17(19)14(3)20-16-9-5-7-13(2)11-16/h4-11,14H,1-3H3,(H,18,19). The van der Waals surface area contributed by atoms with Crippen molar-refractivity contribution in [2.75, 3.05) is 5.32 Å². The lowest BCUT2D eigenvalue weighted by Gasteiger charge is -2.15. The number of aryl methyl sites for hydroxylation is 2. The van der Waals surface area contributed by atoms with Crippen LogP contribution in [0, 0.1) is 13.8 Å². The molecule has 1 atom stereocenters. The monoisotopic (exact) mass is 269 g/mol. The number of anilines is 1. The van der Waals surface area contributed by atoms with Crippen molar-refractivity contribution in [1.82, 2.24) is 0 Å². The van der Waals surface area contributed by atoms with Crippen molar-refractivity contribution in [1.29, 1.82) is 0 Å². The highest BCUT2D eigenvalue weighted by molar-refractivity contribution is 5.94. The number of hydrogen-bond donors (Lipinski definition) is 1. The van der Waals surface area contributed by atoms with Crippen LogP contribution in [0.3, 0.4) is 0 Å². The molecule has 3 nitrogen and oxygen atoms in total. The van der Waals surface area contributed by atoms with Gasteiger partial charge in [0.15, 0.2) is 6.10 Å². The van der Waals surface area contributed by atoms with E-state index in [-0.39, 0.29) is 5.91 Å². The Hall–Kier alpha value is -2.29. The highest BCUT2D eigenvalue weighted by Crippen LogP contribution is 2.15. The van der Waals surface area contributed by atoms with Gasteiger partial charge in [0, 0.05) is 5.69 Å². The van der Waals surface area contributed by atoms with Crippen LogP contribution in [0.1, 0.15) is 18.1 Å². The zero-order chi connectivity index (χ0) is 14.5. The second-order valence-electron chi connectivity index (χ2n) is 4.94. The lowest BCUT2D eigenvalue weighted by molar-refractivity contribution is -0.122. The van der Waals surface area contributed by atoms with Crippen LogP contribution in [0.15, 0.2) is 48.5 Å². The van der Waals surface area contributed by atoms with E-state index in [0.717, 1.165) is 16.8 Å². The molecule has 1 amide bonds. The minimum absolute atomic E-state index is 0.155. The van der Waals surface area contributed by atoms with Crippen molar-refractivity contribution in [3.8, 4) is 5.75 Å². The summed E-state index contributed by atoms with van der Waals surface area (Å²) in [6, 6.07) is 15.4. The maximum Gasteiger partial charge on any atom is 0.265 e. The molecule has 1 N–H and O–H groups in total. The summed E-state index contributed by atoms with van der Waals surface area (Å²) in [5.74, 6) is 0.550. The van der Waals surface area contributed by atoms with Gasteiger partial charge in [0.25, 0.3) is 5.91 Å². The maximum absolute atomic E-state index is 12.1. The summed E-state index contributed by atoms with van der Waals surface area (Å²) < 4.78 is 5.65. The summed E-state index contributed by atoms with van der Waals surface area (Å²) in [6.45, 7) is 5.72. The van der Waals surface area contributed by atoms with Crippen LogP contribution in [0.25, 0.3) is 0 Å². The number of nitrogens with one attached hydrogen (secondary N) is 1. The summed E-state index contributed by atoms with van der Waals surface area (Å²) in [5, 5.41) is 2.85. The molecule has 0 heterocycles. The maximum atomic E-state index is 12.1. The van der Waals surface area contributed by atoms with Gasteiger partial charge in [-0.25, -0.2) is 0 Å². The topological polar surface area (TPSA) is 38.3 Å². The molecule has 0 radical (unpaired) electrons. The van der Waals surface area contributed by atoms with Crippen molar-refractivity contribution >= 4 is 11.6 Å². The van der Waals surface area contributed by atoms with Crippen LogP contribution >= 0.6 is 0 Å². The van der Waals surface area contributed by atoms with Gasteiger partial charge >= 0.3 is 0 Å². The first kappa shape index (κ1) is 14.1. The summed E-state index contributed by atoms with van der Waals surface area (Å²) >= 11 is 0. The van der Waals surface area contributed by atoms with Crippen molar-refractivity contribution in [3.05, 3.63) is 59.7 Å². The first-order valence-electron chi connectivity index (χ1n) is 6.65. The molecule has 0 bridgehead atoms. The third-order valence-corrected chi connectivity index (χ3v) is 2.96. The van der Waals surface area contributed by atoms with E-state index in [2.05, 4.69) is 5.32 Å². The Morgan fingerprint density at radius 3 is 2.35 bits per heavy atom. The fourth-order valence-corrected chi connectivity index (χ4v) is 1.91. The van der Waals surface area contributed by atoms with Crippen LogP contribution in [0.4, 0.5) is 5.69 Å². The van der Waals surface area contributed by atoms with Crippen LogP contribution in [0.5, 0.6) is 5.75 Å². The fraction of sp³-hybridized carbons (Fsp3) is 0.235. The Morgan fingerprint density at radius 2 is 1.70 bits per heavy atom. The summed E-state index contributed by atoms with van der Waals surface area (Å²) in [6.07, 6.45) is -0.544. The molecule has 0 aliphatic rings. The molecule has 2 rings (SSSR count). The summed E-state index contributed by atoms with van der Waals surface area (Å²) in [5.41, 5.74) is 3.00. The average Bonchev–Trinajstić information content (AvgIpc) is 2.38. The lowest BCUT2D eigenvalue weighted by atomic mass is 10.2. The van der Waals surface area contributed by atoms with E-state index in [1.54, 1.807) is 6.92 Å². The molecule has 0 saturated heterocycles. The molecule has 0 fully saturated rings. The number of amides is 1. The quantitative estimate of drug-likeness (QED) is 0.919. The zero-order valence-corrected chi connectivity index (χ0v) is 12.0. The fourth-order valence-electron chi connectivity index (χ4n) is 1.91. The van der Waals surface area contributed by atoms with Crippen LogP contribution in [0.2, 0.25) is 0 Å². The minimum Gasteiger partial charge on any atom is -0.481 e. The van der Waals surface area contributed by atoms with E-state index >= 15 is 0 Å². The van der Waals surface area contributed by atoms with Gasteiger partial charge in [-0.15, -0.1) is 0 Å². The molecular formula is C17H19NO2. The van der Waals surface area contributed by atoms with Gasteiger partial charge in [-0.3, -0.25) is 4.79 Å². The molecular weight excluding hydrogens is 250 g/mol. The second-order valence-corrected chi connectivity index (χ2v) is 4.94. The third-order valence-electron chi connectivity index (χ3n) is 2.96. The number of carbonyl (C=O) groups excluding carboxylic acids is 1. The predicted octanol–water partition coefficient (Wildman–Crippen LogP) is 3.71. The number of hydrogen-bond acceptors (Lipinski definition) is 2. The second kappa shape index (κ2) is 6.24. The van der Waals surface area contributed by atoms with Gasteiger partial charge < -0.3 is 10.1 Å². The predicted molar refractivity (Wildman–Crippen MR) is 81.1 cm³/mol. The highest BCUT2D eigenvalue weighted by Gasteiger charge is 2.14. The normalized spacial score (nSPS) is 11.8. The van der Waals surface area contributed by atoms with Crippen molar-refractivity contribution < 1.29 is 9.53 Å². The largest absolute Gasteiger partial charge is 0.481 e. The number of carbonyl (C=O) groups is 1. The van der Waals surface area contributed by atoms with Crippen molar-refractivity contribution in [2.45, 2.75) is 26.9 Å². The number of rotatable bonds is 4. The third kappa shape index (κ3) is 3.85. The van der Waals surface area contributed by atoms with Crippen molar-refractivity contribution in [3.63, 3.8) is 0 Å². The Balaban J connectivity index is 1.98. The van der Waals surface area contributed by atoms with Crippen LogP contribution in [-0.2, 0) is 4.79 Å². The van der Waals surface area contributed by atoms with Gasteiger partial charge in [-0.1, -0.05) is 24.3 Å². The Bertz CT molecular complexity index is 607. The summed E-state index contributed by atoms with van der Waals surface area (Å²) in [7, 11) is 0. The van der Waals surface area contributed by atoms with Gasteiger partial charge in [0.2, 0.25) is 0 Å². The first-order chi connectivity index (χ1) is 9.54. The molecule has 0 aliphatic carbocycles. The molecule has 104 valence electrons. The van der Waals surface area contributed by atoms with E-state index < -0.39 is 6.10 Å². The highest BCUT2D eigenvalue weighted by atomic mass is 16.5. The van der Waals surface area contributed by atoms with E-state index in [9.17, 15) is 4.79 Å². The molecule has 0 spiro atoms. The van der Waals surface area contributed by atoms with Crippen LogP contribution in [-0.4, -0.2) is 12.0 Å². The number of ether oxygens (including phenoxy) is 1. The van der Waals surface area contributed by atoms with E-state index in [4.69, 9.17) is 4.74 Å². The first-order valence-corrected chi connectivity index (χ1v) is 6.65. The molecule has 1 unspecified atom stereocenters. The molecule has 20 heavy (non-hydrogen) atoms. The Labute approximate surface area is 119 Å². The smallest absolute Gasteiger partial charge is 0.265 e. The molecule has 3 heteroatoms. The summed E-state index contributed by atoms with van der Waals surface area (Å²) in [4.78, 5) is 12.1. The van der Waals surface area contributed by atoms with Crippen molar-refractivity contribution in [2.24, 2.45) is 0 Å². The molecule has 0 saturated carbocycles. The molecule has 2 aromatic rings.